The van der Waals surface area contributed by atoms with Gasteiger partial charge in [0.15, 0.2) is 0 Å². The van der Waals surface area contributed by atoms with Crippen molar-refractivity contribution in [2.24, 2.45) is 0 Å². The number of carbonyl (C=O) groups excluding carboxylic acids is 1. The van der Waals surface area contributed by atoms with Crippen LogP contribution in [0.15, 0.2) is 42.5 Å². The molecule has 1 aliphatic rings. The maximum atomic E-state index is 13.5. The molecule has 0 radical (unpaired) electrons. The summed E-state index contributed by atoms with van der Waals surface area (Å²) in [6.07, 6.45) is 2.25. The van der Waals surface area contributed by atoms with Crippen LogP contribution in [-0.2, 0) is 17.8 Å². The van der Waals surface area contributed by atoms with Gasteiger partial charge in [0.2, 0.25) is 5.91 Å². The number of fused-ring (bicyclic) bond motifs is 1. The molecule has 0 bridgehead atoms. The monoisotopic (exact) mass is 284 g/mol. The van der Waals surface area contributed by atoms with Gasteiger partial charge in [-0.25, -0.2) is 4.39 Å². The van der Waals surface area contributed by atoms with Crippen molar-refractivity contribution in [2.75, 3.05) is 10.6 Å². The number of hydrogen-bond donors (Lipinski definition) is 1. The maximum Gasteiger partial charge on any atom is 0.227 e. The molecule has 0 atom stereocenters. The molecule has 0 spiro atoms. The first-order chi connectivity index (χ1) is 10.1. The normalized spacial score (nSPS) is 14.7. The number of amides is 1. The number of benzene rings is 2. The molecule has 1 amide bonds. The summed E-state index contributed by atoms with van der Waals surface area (Å²) in [5, 5.41) is 0. The summed E-state index contributed by atoms with van der Waals surface area (Å²) in [5.74, 6) is -0.302. The quantitative estimate of drug-likeness (QED) is 0.860. The lowest BCUT2D eigenvalue weighted by Gasteiger charge is -2.23. The molecule has 0 saturated carbocycles. The van der Waals surface area contributed by atoms with Crippen molar-refractivity contribution in [3.8, 4) is 0 Å². The van der Waals surface area contributed by atoms with Gasteiger partial charge >= 0.3 is 0 Å². The van der Waals surface area contributed by atoms with Gasteiger partial charge in [-0.05, 0) is 48.2 Å². The van der Waals surface area contributed by atoms with E-state index in [1.54, 1.807) is 11.0 Å². The first-order valence-corrected chi connectivity index (χ1v) is 7.07. The summed E-state index contributed by atoms with van der Waals surface area (Å²) in [5.41, 5.74) is 8.84. The van der Waals surface area contributed by atoms with Crippen LogP contribution in [0.25, 0.3) is 0 Å². The predicted molar refractivity (Wildman–Crippen MR) is 81.4 cm³/mol. The van der Waals surface area contributed by atoms with Gasteiger partial charge in [-0.2, -0.15) is 0 Å². The van der Waals surface area contributed by atoms with Crippen LogP contribution in [0.5, 0.6) is 0 Å². The zero-order valence-electron chi connectivity index (χ0n) is 11.7. The minimum absolute atomic E-state index is 0.0720. The number of halogens is 1. The summed E-state index contributed by atoms with van der Waals surface area (Å²) >= 11 is 0. The average Bonchev–Trinajstić information content (AvgIpc) is 2.58. The van der Waals surface area contributed by atoms with Crippen molar-refractivity contribution < 1.29 is 9.18 Å². The van der Waals surface area contributed by atoms with Gasteiger partial charge < -0.3 is 10.6 Å². The second kappa shape index (κ2) is 5.56. The molecular weight excluding hydrogens is 267 g/mol. The van der Waals surface area contributed by atoms with Crippen molar-refractivity contribution in [3.63, 3.8) is 0 Å². The van der Waals surface area contributed by atoms with Crippen LogP contribution in [0.4, 0.5) is 15.8 Å². The van der Waals surface area contributed by atoms with E-state index in [1.807, 2.05) is 24.3 Å². The molecule has 2 aromatic rings. The van der Waals surface area contributed by atoms with E-state index in [2.05, 4.69) is 0 Å². The van der Waals surface area contributed by atoms with Crippen LogP contribution in [0.3, 0.4) is 0 Å². The van der Waals surface area contributed by atoms with E-state index in [0.29, 0.717) is 24.2 Å². The highest BCUT2D eigenvalue weighted by Crippen LogP contribution is 2.28. The Kier molecular flexibility index (Phi) is 3.60. The van der Waals surface area contributed by atoms with E-state index >= 15 is 0 Å². The molecule has 0 aliphatic carbocycles. The standard InChI is InChI=1S/C17H17FN2O/c18-14-8-12(9-15(19)10-14)11-20-16-6-2-1-4-13(16)5-3-7-17(20)21/h1-2,4,6,8-10H,3,5,7,11,19H2. The molecule has 0 aromatic heterocycles. The topological polar surface area (TPSA) is 46.3 Å². The summed E-state index contributed by atoms with van der Waals surface area (Å²) in [4.78, 5) is 14.1. The molecule has 1 aliphatic heterocycles. The second-order valence-electron chi connectivity index (χ2n) is 5.35. The van der Waals surface area contributed by atoms with Crippen molar-refractivity contribution in [2.45, 2.75) is 25.8 Å². The Morgan fingerprint density at radius 2 is 1.95 bits per heavy atom. The number of hydrogen-bond acceptors (Lipinski definition) is 2. The van der Waals surface area contributed by atoms with Crippen LogP contribution in [0.1, 0.15) is 24.0 Å². The Labute approximate surface area is 123 Å². The third kappa shape index (κ3) is 2.89. The van der Waals surface area contributed by atoms with Crippen molar-refractivity contribution in [3.05, 3.63) is 59.4 Å². The van der Waals surface area contributed by atoms with E-state index in [4.69, 9.17) is 5.73 Å². The highest BCUT2D eigenvalue weighted by molar-refractivity contribution is 5.94. The molecule has 0 fully saturated rings. The minimum Gasteiger partial charge on any atom is -0.399 e. The molecule has 1 heterocycles. The fourth-order valence-corrected chi connectivity index (χ4v) is 2.81. The fourth-order valence-electron chi connectivity index (χ4n) is 2.81. The summed E-state index contributed by atoms with van der Waals surface area (Å²) in [6, 6.07) is 12.3. The zero-order chi connectivity index (χ0) is 14.8. The number of anilines is 2. The average molecular weight is 284 g/mol. The summed E-state index contributed by atoms with van der Waals surface area (Å²) < 4.78 is 13.5. The Morgan fingerprint density at radius 1 is 1.14 bits per heavy atom. The minimum atomic E-state index is -0.374. The second-order valence-corrected chi connectivity index (χ2v) is 5.35. The number of carbonyl (C=O) groups is 1. The first-order valence-electron chi connectivity index (χ1n) is 7.07. The first kappa shape index (κ1) is 13.6. The molecule has 108 valence electrons. The van der Waals surface area contributed by atoms with Gasteiger partial charge in [0.1, 0.15) is 5.82 Å². The van der Waals surface area contributed by atoms with Crippen LogP contribution in [0, 0.1) is 5.82 Å². The van der Waals surface area contributed by atoms with Gasteiger partial charge in [0, 0.05) is 17.8 Å². The van der Waals surface area contributed by atoms with Crippen LogP contribution < -0.4 is 10.6 Å². The van der Waals surface area contributed by atoms with Crippen LogP contribution >= 0.6 is 0 Å². The van der Waals surface area contributed by atoms with Crippen LogP contribution in [-0.4, -0.2) is 5.91 Å². The Balaban J connectivity index is 1.97. The lowest BCUT2D eigenvalue weighted by atomic mass is 10.1. The number of nitrogens with zero attached hydrogens (tertiary/aromatic N) is 1. The fraction of sp³-hybridized carbons (Fsp3) is 0.235. The Morgan fingerprint density at radius 3 is 2.76 bits per heavy atom. The van der Waals surface area contributed by atoms with Crippen molar-refractivity contribution in [1.29, 1.82) is 0 Å². The zero-order valence-corrected chi connectivity index (χ0v) is 11.7. The SMILES string of the molecule is Nc1cc(F)cc(CN2C(=O)CCCc3ccccc32)c1. The largest absolute Gasteiger partial charge is 0.399 e. The third-order valence-electron chi connectivity index (χ3n) is 3.74. The number of rotatable bonds is 2. The van der Waals surface area contributed by atoms with E-state index in [-0.39, 0.29) is 11.7 Å². The van der Waals surface area contributed by atoms with E-state index in [0.717, 1.165) is 24.1 Å². The van der Waals surface area contributed by atoms with E-state index in [9.17, 15) is 9.18 Å². The Hall–Kier alpha value is -2.36. The molecule has 4 heteroatoms. The molecule has 0 saturated heterocycles. The molecule has 2 aromatic carbocycles. The van der Waals surface area contributed by atoms with Gasteiger partial charge in [0.05, 0.1) is 6.54 Å². The maximum absolute atomic E-state index is 13.5. The molecule has 0 unspecified atom stereocenters. The lowest BCUT2D eigenvalue weighted by Crippen LogP contribution is -2.29. The van der Waals surface area contributed by atoms with Crippen molar-refractivity contribution >= 4 is 17.3 Å². The van der Waals surface area contributed by atoms with Gasteiger partial charge in [-0.3, -0.25) is 4.79 Å². The smallest absolute Gasteiger partial charge is 0.227 e. The van der Waals surface area contributed by atoms with E-state index in [1.165, 1.54) is 12.1 Å². The van der Waals surface area contributed by atoms with Crippen molar-refractivity contribution in [1.82, 2.24) is 0 Å². The van der Waals surface area contributed by atoms with Gasteiger partial charge in [-0.15, -0.1) is 0 Å². The van der Waals surface area contributed by atoms with E-state index < -0.39 is 0 Å². The highest BCUT2D eigenvalue weighted by atomic mass is 19.1. The molecule has 3 rings (SSSR count). The van der Waals surface area contributed by atoms with Crippen LogP contribution in [0.2, 0.25) is 0 Å². The molecular formula is C17H17FN2O. The molecule has 21 heavy (non-hydrogen) atoms. The third-order valence-corrected chi connectivity index (χ3v) is 3.74. The lowest BCUT2D eigenvalue weighted by molar-refractivity contribution is -0.118. The summed E-state index contributed by atoms with van der Waals surface area (Å²) in [7, 11) is 0. The predicted octanol–water partition coefficient (Wildman–Crippen LogP) is 3.28. The number of para-hydroxylation sites is 1. The molecule has 3 nitrogen and oxygen atoms in total. The van der Waals surface area contributed by atoms with Gasteiger partial charge in [-0.1, -0.05) is 18.2 Å². The number of aryl methyl sites for hydroxylation is 1. The molecule has 2 N–H and O–H groups in total. The highest BCUT2D eigenvalue weighted by Gasteiger charge is 2.22. The Bertz CT molecular complexity index is 664. The summed E-state index contributed by atoms with van der Waals surface area (Å²) in [6.45, 7) is 0.345. The number of nitrogen functional groups attached to an aromatic ring is 1. The number of nitrogens with two attached hydrogens (primary N) is 1. The van der Waals surface area contributed by atoms with Gasteiger partial charge in [0.25, 0.3) is 0 Å².